The Labute approximate surface area is 205 Å². The first-order valence-electron chi connectivity index (χ1n) is 13.8. The van der Waals surface area contributed by atoms with Gasteiger partial charge < -0.3 is 0 Å². The van der Waals surface area contributed by atoms with Crippen LogP contribution in [0.5, 0.6) is 0 Å². The second kappa shape index (κ2) is 14.9. The fraction of sp³-hybridized carbons (Fsp3) is 0.958. The number of hydrogen-bond donors (Lipinski definition) is 5. The molecule has 0 bridgehead atoms. The first-order chi connectivity index (χ1) is 16.6. The first kappa shape index (κ1) is 27.3. The van der Waals surface area contributed by atoms with Gasteiger partial charge in [-0.05, 0) is 44.4 Å². The molecule has 5 N–H and O–H groups in total. The summed E-state index contributed by atoms with van der Waals surface area (Å²) in [4.78, 5) is 13.5. The predicted octanol–water partition coefficient (Wildman–Crippen LogP) is 2.86. The van der Waals surface area contributed by atoms with Gasteiger partial charge >= 0.3 is 0 Å². The van der Waals surface area contributed by atoms with Gasteiger partial charge in [-0.25, -0.2) is 0 Å². The average molecular weight is 481 g/mol. The van der Waals surface area contributed by atoms with E-state index in [9.17, 15) is 10.1 Å². The van der Waals surface area contributed by atoms with E-state index < -0.39 is 0 Å². The SMILES string of the molecule is CCCCN(CCCC)C1NC(N/N=C/C2CCCCC2)NC(NC2CCC([N+](=O)[O-])CC2)N1. The third-order valence-corrected chi connectivity index (χ3v) is 7.48. The van der Waals surface area contributed by atoms with Gasteiger partial charge in [-0.15, -0.1) is 0 Å². The van der Waals surface area contributed by atoms with Crippen molar-refractivity contribution in [1.82, 2.24) is 31.6 Å². The van der Waals surface area contributed by atoms with Crippen LogP contribution in [-0.4, -0.2) is 60.1 Å². The molecule has 0 amide bonds. The highest BCUT2D eigenvalue weighted by Crippen LogP contribution is 2.22. The van der Waals surface area contributed by atoms with Crippen molar-refractivity contribution in [3.63, 3.8) is 0 Å². The van der Waals surface area contributed by atoms with Gasteiger partial charge in [-0.1, -0.05) is 46.0 Å². The minimum atomic E-state index is -0.387. The van der Waals surface area contributed by atoms with E-state index in [1.165, 1.54) is 44.9 Å². The normalized spacial score (nSPS) is 31.2. The molecule has 0 radical (unpaired) electrons. The van der Waals surface area contributed by atoms with Gasteiger partial charge in [0.2, 0.25) is 6.04 Å². The van der Waals surface area contributed by atoms with Gasteiger partial charge in [0.05, 0.1) is 0 Å². The molecule has 3 unspecified atom stereocenters. The fourth-order valence-corrected chi connectivity index (χ4v) is 5.30. The second-order valence-electron chi connectivity index (χ2n) is 10.3. The van der Waals surface area contributed by atoms with Crippen LogP contribution in [0.15, 0.2) is 5.10 Å². The number of unbranched alkanes of at least 4 members (excludes halogenated alkanes) is 2. The molecule has 3 atom stereocenters. The lowest BCUT2D eigenvalue weighted by molar-refractivity contribution is -0.526. The quantitative estimate of drug-likeness (QED) is 0.155. The van der Waals surface area contributed by atoms with E-state index in [-0.39, 0.29) is 35.9 Å². The van der Waals surface area contributed by atoms with Gasteiger partial charge in [-0.2, -0.15) is 5.10 Å². The summed E-state index contributed by atoms with van der Waals surface area (Å²) in [6, 6.07) is -0.118. The summed E-state index contributed by atoms with van der Waals surface area (Å²) >= 11 is 0. The Bertz CT molecular complexity index is 600. The Hall–Kier alpha value is -1.33. The van der Waals surface area contributed by atoms with Gasteiger partial charge in [-0.3, -0.25) is 41.7 Å². The molecule has 2 aliphatic carbocycles. The third kappa shape index (κ3) is 9.03. The number of nitro groups is 1. The molecule has 34 heavy (non-hydrogen) atoms. The largest absolute Gasteiger partial charge is 0.287 e. The van der Waals surface area contributed by atoms with Crippen LogP contribution in [0, 0.1) is 16.0 Å². The van der Waals surface area contributed by atoms with Crippen molar-refractivity contribution in [3.05, 3.63) is 10.1 Å². The zero-order chi connectivity index (χ0) is 24.2. The summed E-state index contributed by atoms with van der Waals surface area (Å²) in [5, 5.41) is 30.3. The van der Waals surface area contributed by atoms with Crippen molar-refractivity contribution in [2.24, 2.45) is 11.0 Å². The molecule has 3 fully saturated rings. The molecule has 0 aromatic rings. The standard InChI is InChI=1S/C24H48N8O2/c1-3-5-16-31(17-6-4-2)24-28-22(26-20-12-14-21(15-13-20)32(33)34)27-23(29-24)30-25-18-19-10-8-7-9-11-19/h18-24,26-30H,3-17H2,1-2H3/b25-18+. The summed E-state index contributed by atoms with van der Waals surface area (Å²) in [5.74, 6) is 0.579. The van der Waals surface area contributed by atoms with Crippen molar-refractivity contribution < 1.29 is 4.92 Å². The van der Waals surface area contributed by atoms with Gasteiger partial charge in [0.25, 0.3) is 0 Å². The van der Waals surface area contributed by atoms with E-state index in [1.807, 2.05) is 0 Å². The maximum absolute atomic E-state index is 11.1. The van der Waals surface area contributed by atoms with E-state index in [0.29, 0.717) is 18.8 Å². The Balaban J connectivity index is 1.59. The van der Waals surface area contributed by atoms with Crippen LogP contribution in [0.3, 0.4) is 0 Å². The van der Waals surface area contributed by atoms with Crippen molar-refractivity contribution in [3.8, 4) is 0 Å². The van der Waals surface area contributed by atoms with Crippen LogP contribution in [0.1, 0.15) is 97.3 Å². The zero-order valence-electron chi connectivity index (χ0n) is 21.3. The summed E-state index contributed by atoms with van der Waals surface area (Å²) < 4.78 is 0. The van der Waals surface area contributed by atoms with Crippen molar-refractivity contribution in [2.45, 2.75) is 128 Å². The van der Waals surface area contributed by atoms with Crippen molar-refractivity contribution in [1.29, 1.82) is 0 Å². The molecule has 1 saturated heterocycles. The van der Waals surface area contributed by atoms with E-state index in [2.05, 4.69) is 56.8 Å². The highest BCUT2D eigenvalue weighted by molar-refractivity contribution is 5.60. The molecule has 196 valence electrons. The van der Waals surface area contributed by atoms with Crippen LogP contribution < -0.4 is 26.7 Å². The summed E-state index contributed by atoms with van der Waals surface area (Å²) in [6.07, 6.45) is 15.9. The number of nitrogens with zero attached hydrogens (tertiary/aromatic N) is 3. The summed E-state index contributed by atoms with van der Waals surface area (Å²) in [7, 11) is 0. The average Bonchev–Trinajstić information content (AvgIpc) is 2.85. The highest BCUT2D eigenvalue weighted by Gasteiger charge is 2.34. The van der Waals surface area contributed by atoms with Crippen LogP contribution in [0.25, 0.3) is 0 Å². The molecule has 1 aliphatic heterocycles. The maximum atomic E-state index is 11.1. The maximum Gasteiger partial charge on any atom is 0.213 e. The van der Waals surface area contributed by atoms with Crippen LogP contribution in [0.2, 0.25) is 0 Å². The number of hydrogen-bond acceptors (Lipinski definition) is 9. The minimum Gasteiger partial charge on any atom is -0.287 e. The highest BCUT2D eigenvalue weighted by atomic mass is 16.6. The molecule has 2 saturated carbocycles. The molecule has 3 aliphatic rings. The van der Waals surface area contributed by atoms with Crippen LogP contribution in [0.4, 0.5) is 0 Å². The minimum absolute atomic E-state index is 0.0225. The van der Waals surface area contributed by atoms with Gasteiger partial charge in [0, 0.05) is 43.1 Å². The Morgan fingerprint density at radius 2 is 1.59 bits per heavy atom. The van der Waals surface area contributed by atoms with Gasteiger partial charge in [0.15, 0.2) is 6.29 Å². The Morgan fingerprint density at radius 1 is 0.941 bits per heavy atom. The molecule has 10 nitrogen and oxygen atoms in total. The van der Waals surface area contributed by atoms with E-state index >= 15 is 0 Å². The smallest absolute Gasteiger partial charge is 0.213 e. The number of rotatable bonds is 13. The number of nitrogens with one attached hydrogen (secondary N) is 5. The lowest BCUT2D eigenvalue weighted by Crippen LogP contribution is -2.78. The second-order valence-corrected chi connectivity index (χ2v) is 10.3. The molecule has 0 aromatic heterocycles. The van der Waals surface area contributed by atoms with E-state index in [1.54, 1.807) is 0 Å². The monoisotopic (exact) mass is 480 g/mol. The fourth-order valence-electron chi connectivity index (χ4n) is 5.30. The summed E-state index contributed by atoms with van der Waals surface area (Å²) in [6.45, 7) is 6.55. The van der Waals surface area contributed by atoms with E-state index in [0.717, 1.165) is 38.8 Å². The van der Waals surface area contributed by atoms with E-state index in [4.69, 9.17) is 0 Å². The third-order valence-electron chi connectivity index (χ3n) is 7.48. The lowest BCUT2D eigenvalue weighted by atomic mass is 9.90. The topological polar surface area (TPSA) is 119 Å². The Kier molecular flexibility index (Phi) is 12.0. The number of hydrazone groups is 1. The molecule has 3 rings (SSSR count). The zero-order valence-corrected chi connectivity index (χ0v) is 21.3. The molecular formula is C24H48N8O2. The van der Waals surface area contributed by atoms with Crippen LogP contribution >= 0.6 is 0 Å². The molecule has 0 spiro atoms. The molecular weight excluding hydrogens is 432 g/mol. The van der Waals surface area contributed by atoms with Crippen LogP contribution in [-0.2, 0) is 0 Å². The molecule has 1 heterocycles. The predicted molar refractivity (Wildman–Crippen MR) is 137 cm³/mol. The summed E-state index contributed by atoms with van der Waals surface area (Å²) in [5.41, 5.74) is 3.31. The molecule has 0 aromatic carbocycles. The van der Waals surface area contributed by atoms with Gasteiger partial charge in [0.1, 0.15) is 12.6 Å². The first-order valence-corrected chi connectivity index (χ1v) is 13.8. The Morgan fingerprint density at radius 3 is 2.21 bits per heavy atom. The molecule has 10 heteroatoms. The van der Waals surface area contributed by atoms with Crippen molar-refractivity contribution in [2.75, 3.05) is 13.1 Å². The lowest BCUT2D eigenvalue weighted by Gasteiger charge is -2.44. The van der Waals surface area contributed by atoms with Crippen molar-refractivity contribution >= 4 is 6.21 Å².